The smallest absolute Gasteiger partial charge is 0.330 e. The summed E-state index contributed by atoms with van der Waals surface area (Å²) in [6.45, 7) is 0. The number of carbonyl (C=O) groups excluding carboxylic acids is 5. The molecule has 0 spiro atoms. The highest BCUT2D eigenvalue weighted by Gasteiger charge is 2.32. The average molecular weight is 356 g/mol. The number of carbonyl (C=O) groups is 5. The second-order valence-corrected chi connectivity index (χ2v) is 5.91. The minimum atomic E-state index is -0.654. The Morgan fingerprint density at radius 1 is 1.00 bits per heavy atom. The van der Waals surface area contributed by atoms with Crippen LogP contribution < -0.4 is 4.90 Å². The third-order valence-electron chi connectivity index (χ3n) is 4.02. The maximum absolute atomic E-state index is 11.8. The number of amides is 4. The highest BCUT2D eigenvalue weighted by Crippen LogP contribution is 2.21. The topological polar surface area (TPSA) is 101 Å². The number of imide groups is 2. The standard InChI is InChI=1S/C18H16N2O6/c21-14-7-8-15(22)19(14)13-5-1-3-12(11-13)4-2-6-18(25)26-20-16(23)9-10-17(20)24/h1,3,5,7-8,11H,2,4,6,9-10H2. The highest BCUT2D eigenvalue weighted by atomic mass is 16.7. The molecule has 26 heavy (non-hydrogen) atoms. The van der Waals surface area contributed by atoms with Gasteiger partial charge in [0.15, 0.2) is 0 Å². The molecular formula is C18H16N2O6. The number of nitrogens with zero attached hydrogens (tertiary/aromatic N) is 2. The van der Waals surface area contributed by atoms with Crippen LogP contribution in [0.5, 0.6) is 0 Å². The van der Waals surface area contributed by atoms with Crippen molar-refractivity contribution in [2.45, 2.75) is 32.1 Å². The van der Waals surface area contributed by atoms with Crippen molar-refractivity contribution in [2.24, 2.45) is 0 Å². The van der Waals surface area contributed by atoms with Crippen molar-refractivity contribution in [3.8, 4) is 0 Å². The number of aryl methyl sites for hydroxylation is 1. The van der Waals surface area contributed by atoms with Gasteiger partial charge in [-0.05, 0) is 30.5 Å². The van der Waals surface area contributed by atoms with Gasteiger partial charge in [-0.25, -0.2) is 9.69 Å². The van der Waals surface area contributed by atoms with E-state index in [9.17, 15) is 24.0 Å². The number of hydroxylamine groups is 2. The fourth-order valence-corrected chi connectivity index (χ4v) is 2.75. The van der Waals surface area contributed by atoms with Gasteiger partial charge in [-0.1, -0.05) is 12.1 Å². The summed E-state index contributed by atoms with van der Waals surface area (Å²) in [4.78, 5) is 63.9. The van der Waals surface area contributed by atoms with E-state index in [0.29, 0.717) is 23.6 Å². The van der Waals surface area contributed by atoms with Crippen molar-refractivity contribution < 1.29 is 28.8 Å². The normalized spacial score (nSPS) is 16.8. The molecule has 1 aromatic rings. The van der Waals surface area contributed by atoms with Crippen LogP contribution in [-0.2, 0) is 35.2 Å². The van der Waals surface area contributed by atoms with E-state index in [-0.39, 0.29) is 19.3 Å². The van der Waals surface area contributed by atoms with Gasteiger partial charge < -0.3 is 4.84 Å². The maximum Gasteiger partial charge on any atom is 0.333 e. The van der Waals surface area contributed by atoms with E-state index in [1.807, 2.05) is 6.07 Å². The van der Waals surface area contributed by atoms with Crippen molar-refractivity contribution in [3.05, 3.63) is 42.0 Å². The van der Waals surface area contributed by atoms with Crippen molar-refractivity contribution in [1.82, 2.24) is 5.06 Å². The molecule has 8 nitrogen and oxygen atoms in total. The van der Waals surface area contributed by atoms with Gasteiger partial charge in [0, 0.05) is 31.4 Å². The van der Waals surface area contributed by atoms with E-state index in [4.69, 9.17) is 4.84 Å². The molecule has 3 rings (SSSR count). The Balaban J connectivity index is 1.52. The van der Waals surface area contributed by atoms with Gasteiger partial charge in [-0.2, -0.15) is 0 Å². The van der Waals surface area contributed by atoms with Crippen molar-refractivity contribution >= 4 is 35.3 Å². The Labute approximate surface area is 149 Å². The van der Waals surface area contributed by atoms with Crippen molar-refractivity contribution in [3.63, 3.8) is 0 Å². The SMILES string of the molecule is O=C(CCCc1cccc(N2C(=O)C=CC2=O)c1)ON1C(=O)CCC1=O. The number of anilines is 1. The summed E-state index contributed by atoms with van der Waals surface area (Å²) in [5, 5.41) is 0.528. The molecule has 0 aliphatic carbocycles. The molecule has 0 N–H and O–H groups in total. The number of benzene rings is 1. The number of hydrogen-bond donors (Lipinski definition) is 0. The molecule has 0 radical (unpaired) electrons. The van der Waals surface area contributed by atoms with Gasteiger partial charge in [-0.15, -0.1) is 5.06 Å². The van der Waals surface area contributed by atoms with E-state index < -0.39 is 29.6 Å². The van der Waals surface area contributed by atoms with Gasteiger partial charge >= 0.3 is 5.97 Å². The van der Waals surface area contributed by atoms with Gasteiger partial charge in [0.05, 0.1) is 5.69 Å². The molecule has 1 saturated heterocycles. The predicted octanol–water partition coefficient (Wildman–Crippen LogP) is 1.05. The molecule has 2 heterocycles. The van der Waals surface area contributed by atoms with Gasteiger partial charge in [-0.3, -0.25) is 19.2 Å². The van der Waals surface area contributed by atoms with E-state index in [1.165, 1.54) is 12.2 Å². The molecule has 2 aliphatic rings. The third kappa shape index (κ3) is 3.69. The Bertz CT molecular complexity index is 795. The molecule has 0 atom stereocenters. The first-order chi connectivity index (χ1) is 12.5. The first kappa shape index (κ1) is 17.5. The lowest BCUT2D eigenvalue weighted by Crippen LogP contribution is -2.32. The van der Waals surface area contributed by atoms with E-state index in [0.717, 1.165) is 10.5 Å². The molecule has 0 aromatic heterocycles. The van der Waals surface area contributed by atoms with E-state index >= 15 is 0 Å². The lowest BCUT2D eigenvalue weighted by molar-refractivity contribution is -0.197. The summed E-state index contributed by atoms with van der Waals surface area (Å²) in [5.41, 5.74) is 1.31. The van der Waals surface area contributed by atoms with Crippen LogP contribution in [0.15, 0.2) is 36.4 Å². The first-order valence-electron chi connectivity index (χ1n) is 8.17. The van der Waals surface area contributed by atoms with Crippen molar-refractivity contribution in [1.29, 1.82) is 0 Å². The summed E-state index contributed by atoms with van der Waals surface area (Å²) >= 11 is 0. The van der Waals surface area contributed by atoms with Crippen molar-refractivity contribution in [2.75, 3.05) is 4.90 Å². The second-order valence-electron chi connectivity index (χ2n) is 5.91. The molecular weight excluding hydrogens is 340 g/mol. The fourth-order valence-electron chi connectivity index (χ4n) is 2.75. The Morgan fingerprint density at radius 2 is 1.65 bits per heavy atom. The number of hydrogen-bond acceptors (Lipinski definition) is 6. The van der Waals surface area contributed by atoms with Crippen LogP contribution in [0.25, 0.3) is 0 Å². The minimum absolute atomic E-state index is 0.0322. The largest absolute Gasteiger partial charge is 0.333 e. The van der Waals surface area contributed by atoms with E-state index in [2.05, 4.69) is 0 Å². The fraction of sp³-hybridized carbons (Fsp3) is 0.278. The molecule has 1 fully saturated rings. The van der Waals surface area contributed by atoms with Crippen LogP contribution in [0.4, 0.5) is 5.69 Å². The molecule has 134 valence electrons. The lowest BCUT2D eigenvalue weighted by atomic mass is 10.1. The zero-order valence-electron chi connectivity index (χ0n) is 13.8. The van der Waals surface area contributed by atoms with Crippen LogP contribution in [-0.4, -0.2) is 34.7 Å². The lowest BCUT2D eigenvalue weighted by Gasteiger charge is -2.15. The summed E-state index contributed by atoms with van der Waals surface area (Å²) in [7, 11) is 0. The summed E-state index contributed by atoms with van der Waals surface area (Å²) in [5.74, 6) is -2.46. The Morgan fingerprint density at radius 3 is 2.31 bits per heavy atom. The first-order valence-corrected chi connectivity index (χ1v) is 8.17. The van der Waals surface area contributed by atoms with Crippen LogP contribution in [0.3, 0.4) is 0 Å². The van der Waals surface area contributed by atoms with Gasteiger partial charge in [0.25, 0.3) is 23.6 Å². The van der Waals surface area contributed by atoms with Crippen LogP contribution in [0.1, 0.15) is 31.2 Å². The summed E-state index contributed by atoms with van der Waals surface area (Å²) in [6.07, 6.45) is 3.51. The maximum atomic E-state index is 11.8. The molecule has 0 saturated carbocycles. The average Bonchev–Trinajstić information content (AvgIpc) is 3.11. The highest BCUT2D eigenvalue weighted by molar-refractivity contribution is 6.28. The van der Waals surface area contributed by atoms with Crippen LogP contribution in [0, 0.1) is 0 Å². The molecule has 4 amide bonds. The monoisotopic (exact) mass is 356 g/mol. The quantitative estimate of drug-likeness (QED) is 0.706. The number of rotatable bonds is 6. The minimum Gasteiger partial charge on any atom is -0.330 e. The second kappa shape index (κ2) is 7.30. The van der Waals surface area contributed by atoms with E-state index in [1.54, 1.807) is 18.2 Å². The van der Waals surface area contributed by atoms with Crippen LogP contribution >= 0.6 is 0 Å². The van der Waals surface area contributed by atoms with Gasteiger partial charge in [0.1, 0.15) is 0 Å². The molecule has 1 aromatic carbocycles. The third-order valence-corrected chi connectivity index (χ3v) is 4.02. The molecule has 8 heteroatoms. The van der Waals surface area contributed by atoms with Crippen LogP contribution in [0.2, 0.25) is 0 Å². The Kier molecular flexibility index (Phi) is 4.92. The summed E-state index contributed by atoms with van der Waals surface area (Å²) < 4.78 is 0. The zero-order valence-corrected chi connectivity index (χ0v) is 13.8. The molecule has 0 unspecified atom stereocenters. The molecule has 2 aliphatic heterocycles. The molecule has 0 bridgehead atoms. The zero-order chi connectivity index (χ0) is 18.7. The summed E-state index contributed by atoms with van der Waals surface area (Å²) in [6, 6.07) is 6.91. The predicted molar refractivity (Wildman–Crippen MR) is 88.2 cm³/mol. The Hall–Kier alpha value is -3.29. The van der Waals surface area contributed by atoms with Gasteiger partial charge in [0.2, 0.25) is 0 Å².